The van der Waals surface area contributed by atoms with E-state index in [-0.39, 0.29) is 11.3 Å². The molecule has 7 heteroatoms. The number of nitrogens with zero attached hydrogens (tertiary/aromatic N) is 2. The van der Waals surface area contributed by atoms with Crippen molar-refractivity contribution >= 4 is 28.5 Å². The van der Waals surface area contributed by atoms with E-state index in [2.05, 4.69) is 10.8 Å². The number of rotatable bonds is 8. The van der Waals surface area contributed by atoms with Gasteiger partial charge in [0.15, 0.2) is 0 Å². The van der Waals surface area contributed by atoms with Crippen LogP contribution in [0.15, 0.2) is 36.7 Å². The molecule has 2 heterocycles. The topological polar surface area (TPSA) is 105 Å². The highest BCUT2D eigenvalue weighted by atomic mass is 16.5. The molecular formula is C27H31N3O4. The highest BCUT2D eigenvalue weighted by Gasteiger charge is 2.23. The minimum absolute atomic E-state index is 0.0757. The molecule has 0 amide bonds. The van der Waals surface area contributed by atoms with Crippen molar-refractivity contribution in [3.63, 3.8) is 0 Å². The van der Waals surface area contributed by atoms with Crippen molar-refractivity contribution in [2.24, 2.45) is 5.92 Å². The first kappa shape index (κ1) is 23.7. The summed E-state index contributed by atoms with van der Waals surface area (Å²) >= 11 is 0. The number of carbonyl (C=O) groups excluding carboxylic acids is 1. The molecule has 0 radical (unpaired) electrons. The molecule has 1 aliphatic carbocycles. The normalized spacial score (nSPS) is 15.3. The lowest BCUT2D eigenvalue weighted by Gasteiger charge is -2.22. The van der Waals surface area contributed by atoms with Crippen molar-refractivity contribution in [1.82, 2.24) is 9.55 Å². The second-order valence-electron chi connectivity index (χ2n) is 9.28. The molecule has 1 unspecified atom stereocenters. The van der Waals surface area contributed by atoms with Crippen LogP contribution in [0.25, 0.3) is 22.2 Å². The minimum Gasteiger partial charge on any atom is -0.496 e. The van der Waals surface area contributed by atoms with E-state index in [1.54, 1.807) is 31.3 Å². The fraction of sp³-hybridized carbons (Fsp3) is 0.407. The highest BCUT2D eigenvalue weighted by molar-refractivity contribution is 6.07. The Kier molecular flexibility index (Phi) is 6.82. The van der Waals surface area contributed by atoms with Crippen LogP contribution in [0.1, 0.15) is 67.8 Å². The van der Waals surface area contributed by atoms with E-state index in [1.165, 1.54) is 46.1 Å². The van der Waals surface area contributed by atoms with E-state index < -0.39 is 11.9 Å². The van der Waals surface area contributed by atoms with Crippen LogP contribution in [0.2, 0.25) is 0 Å². The van der Waals surface area contributed by atoms with Gasteiger partial charge in [0.25, 0.3) is 0 Å². The molecule has 1 saturated carbocycles. The number of ether oxygens (including phenoxy) is 1. The number of fused-ring (bicyclic) bond motifs is 1. The molecule has 3 aromatic rings. The Labute approximate surface area is 199 Å². The summed E-state index contributed by atoms with van der Waals surface area (Å²) in [6.45, 7) is 4.02. The summed E-state index contributed by atoms with van der Waals surface area (Å²) in [6.07, 6.45) is 9.92. The van der Waals surface area contributed by atoms with Crippen LogP contribution in [-0.4, -0.2) is 39.2 Å². The van der Waals surface area contributed by atoms with Crippen LogP contribution in [0.5, 0.6) is 5.75 Å². The van der Waals surface area contributed by atoms with E-state index in [0.717, 1.165) is 34.3 Å². The Morgan fingerprint density at radius 3 is 2.56 bits per heavy atom. The first-order valence-electron chi connectivity index (χ1n) is 11.8. The third-order valence-corrected chi connectivity index (χ3v) is 6.83. The Hall–Kier alpha value is -3.48. The molecule has 0 aliphatic heterocycles. The van der Waals surface area contributed by atoms with Gasteiger partial charge in [0.2, 0.25) is 0 Å². The van der Waals surface area contributed by atoms with Crippen LogP contribution in [-0.2, 0) is 11.3 Å². The van der Waals surface area contributed by atoms with Crippen LogP contribution in [0.3, 0.4) is 0 Å². The van der Waals surface area contributed by atoms with Gasteiger partial charge in [-0.05, 0) is 61.9 Å². The molecule has 2 N–H and O–H groups in total. The summed E-state index contributed by atoms with van der Waals surface area (Å²) in [6, 6.07) is 7.06. The number of aromatic carboxylic acids is 1. The maximum atomic E-state index is 12.3. The largest absolute Gasteiger partial charge is 0.496 e. The van der Waals surface area contributed by atoms with Crippen LogP contribution >= 0.6 is 0 Å². The highest BCUT2D eigenvalue weighted by Crippen LogP contribution is 2.36. The van der Waals surface area contributed by atoms with Gasteiger partial charge in [-0.3, -0.25) is 9.78 Å². The molecule has 1 aliphatic rings. The zero-order valence-electron chi connectivity index (χ0n) is 19.9. The predicted octanol–water partition coefficient (Wildman–Crippen LogP) is 5.70. The van der Waals surface area contributed by atoms with Crippen molar-refractivity contribution < 1.29 is 19.4 Å². The van der Waals surface area contributed by atoms with Gasteiger partial charge in [0.1, 0.15) is 17.1 Å². The number of hydrogen-bond acceptors (Lipinski definition) is 5. The Morgan fingerprint density at radius 2 is 1.94 bits per heavy atom. The van der Waals surface area contributed by atoms with Crippen molar-refractivity contribution in [3.8, 4) is 16.9 Å². The summed E-state index contributed by atoms with van der Waals surface area (Å²) < 4.78 is 7.56. The standard InChI is InChI=1S/C27H31N3O4/c1-16(28)25(17(2)31)20-11-23-26(29-13-20)22(15-30(23)14-18-7-5-4-6-8-18)19-9-10-21(27(32)33)24(12-19)34-3/h9-13,15,18,25,28H,4-8,14H2,1-3H3,(H,32,33). The first-order chi connectivity index (χ1) is 16.3. The summed E-state index contributed by atoms with van der Waals surface area (Å²) in [5.41, 5.74) is 4.55. The number of aromatic nitrogens is 2. The molecule has 178 valence electrons. The quantitative estimate of drug-likeness (QED) is 0.419. The molecule has 0 saturated heterocycles. The number of pyridine rings is 1. The van der Waals surface area contributed by atoms with E-state index in [4.69, 9.17) is 15.1 Å². The van der Waals surface area contributed by atoms with Gasteiger partial charge in [-0.1, -0.05) is 25.3 Å². The second kappa shape index (κ2) is 9.79. The number of hydrogen-bond donors (Lipinski definition) is 2. The summed E-state index contributed by atoms with van der Waals surface area (Å²) in [4.78, 5) is 28.6. The monoisotopic (exact) mass is 461 g/mol. The van der Waals surface area contributed by atoms with E-state index in [1.807, 2.05) is 6.07 Å². The lowest BCUT2D eigenvalue weighted by atomic mass is 9.89. The lowest BCUT2D eigenvalue weighted by Crippen LogP contribution is -2.17. The summed E-state index contributed by atoms with van der Waals surface area (Å²) in [5.74, 6) is -0.839. The lowest BCUT2D eigenvalue weighted by molar-refractivity contribution is -0.117. The van der Waals surface area contributed by atoms with E-state index in [0.29, 0.717) is 17.4 Å². The molecule has 1 aromatic carbocycles. The summed E-state index contributed by atoms with van der Waals surface area (Å²) in [5, 5.41) is 17.6. The van der Waals surface area contributed by atoms with Gasteiger partial charge in [-0.25, -0.2) is 4.79 Å². The number of Topliss-reactive ketones (excluding diaryl/α,β-unsaturated/α-hetero) is 1. The maximum absolute atomic E-state index is 12.3. The van der Waals surface area contributed by atoms with E-state index >= 15 is 0 Å². The van der Waals surface area contributed by atoms with Crippen molar-refractivity contribution in [3.05, 3.63) is 47.8 Å². The maximum Gasteiger partial charge on any atom is 0.339 e. The number of methoxy groups -OCH3 is 1. The van der Waals surface area contributed by atoms with Gasteiger partial charge < -0.3 is 19.8 Å². The number of nitrogens with one attached hydrogen (secondary N) is 1. The van der Waals surface area contributed by atoms with E-state index in [9.17, 15) is 14.7 Å². The Bertz CT molecular complexity index is 1240. The fourth-order valence-corrected chi connectivity index (χ4v) is 5.17. The van der Waals surface area contributed by atoms with Crippen LogP contribution in [0.4, 0.5) is 0 Å². The SMILES string of the molecule is COc1cc(-c2cn(CC3CCCCC3)c3cc(C(C(C)=N)C(C)=O)cnc23)ccc1C(=O)O. The molecular weight excluding hydrogens is 430 g/mol. The van der Waals surface area contributed by atoms with Crippen molar-refractivity contribution in [2.45, 2.75) is 58.4 Å². The van der Waals surface area contributed by atoms with Gasteiger partial charge in [-0.2, -0.15) is 0 Å². The average molecular weight is 462 g/mol. The molecule has 1 atom stereocenters. The molecule has 0 spiro atoms. The summed E-state index contributed by atoms with van der Waals surface area (Å²) in [7, 11) is 1.46. The first-order valence-corrected chi connectivity index (χ1v) is 11.8. The predicted molar refractivity (Wildman–Crippen MR) is 132 cm³/mol. The number of carboxylic acids is 1. The van der Waals surface area contributed by atoms with Crippen molar-refractivity contribution in [2.75, 3.05) is 7.11 Å². The molecule has 1 fully saturated rings. The van der Waals surface area contributed by atoms with Gasteiger partial charge >= 0.3 is 5.97 Å². The average Bonchev–Trinajstić information content (AvgIpc) is 3.16. The number of ketones is 1. The second-order valence-corrected chi connectivity index (χ2v) is 9.28. The zero-order chi connectivity index (χ0) is 24.4. The van der Waals surface area contributed by atoms with Crippen LogP contribution in [0, 0.1) is 11.3 Å². The molecule has 2 aromatic heterocycles. The minimum atomic E-state index is -1.04. The number of carboxylic acid groups (broad SMARTS) is 1. The van der Waals surface area contributed by atoms with Crippen molar-refractivity contribution in [1.29, 1.82) is 5.41 Å². The van der Waals surface area contributed by atoms with Gasteiger partial charge in [0, 0.05) is 30.2 Å². The Morgan fingerprint density at radius 1 is 1.21 bits per heavy atom. The molecule has 0 bridgehead atoms. The zero-order valence-corrected chi connectivity index (χ0v) is 19.9. The number of benzene rings is 1. The van der Waals surface area contributed by atoms with Crippen LogP contribution < -0.4 is 4.74 Å². The number of carbonyl (C=O) groups is 2. The third kappa shape index (κ3) is 4.60. The smallest absolute Gasteiger partial charge is 0.339 e. The molecule has 7 nitrogen and oxygen atoms in total. The molecule has 34 heavy (non-hydrogen) atoms. The van der Waals surface area contributed by atoms with Gasteiger partial charge in [0.05, 0.1) is 24.1 Å². The molecule has 4 rings (SSSR count). The fourth-order valence-electron chi connectivity index (χ4n) is 5.17. The Balaban J connectivity index is 1.86. The van der Waals surface area contributed by atoms with Gasteiger partial charge in [-0.15, -0.1) is 0 Å². The third-order valence-electron chi connectivity index (χ3n) is 6.83.